The number of likely N-dealkylation sites (N-methyl/N-ethyl adjacent to an activating group) is 1. The Labute approximate surface area is 106 Å². The molecule has 0 spiro atoms. The molecular weight excluding hydrogens is 228 g/mol. The van der Waals surface area contributed by atoms with Gasteiger partial charge in [-0.05, 0) is 31.4 Å². The second-order valence-corrected chi connectivity index (χ2v) is 4.92. The molecule has 2 aliphatic heterocycles. The van der Waals surface area contributed by atoms with Crippen molar-refractivity contribution in [2.75, 3.05) is 18.5 Å². The highest BCUT2D eigenvalue weighted by molar-refractivity contribution is 6.10. The molecule has 0 saturated carbocycles. The fraction of sp³-hybridized carbons (Fsp3) is 0.429. The maximum atomic E-state index is 12.5. The van der Waals surface area contributed by atoms with Gasteiger partial charge in [-0.25, -0.2) is 0 Å². The van der Waals surface area contributed by atoms with E-state index in [1.54, 1.807) is 22.9 Å². The molecule has 1 aromatic carbocycles. The summed E-state index contributed by atoms with van der Waals surface area (Å²) in [7, 11) is 1.76. The summed E-state index contributed by atoms with van der Waals surface area (Å²) in [6.45, 7) is 0.692. The molecule has 1 aromatic rings. The third-order valence-electron chi connectivity index (χ3n) is 3.88. The van der Waals surface area contributed by atoms with Crippen molar-refractivity contribution in [3.63, 3.8) is 0 Å². The van der Waals surface area contributed by atoms with Crippen LogP contribution in [0.2, 0.25) is 0 Å². The van der Waals surface area contributed by atoms with Crippen LogP contribution in [0.4, 0.5) is 5.69 Å². The molecule has 0 aromatic heterocycles. The molecule has 18 heavy (non-hydrogen) atoms. The van der Waals surface area contributed by atoms with Crippen LogP contribution in [-0.2, 0) is 4.79 Å². The Morgan fingerprint density at radius 3 is 2.78 bits per heavy atom. The number of carbonyl (C=O) groups is 2. The van der Waals surface area contributed by atoms with Gasteiger partial charge < -0.3 is 9.80 Å². The lowest BCUT2D eigenvalue weighted by Gasteiger charge is -2.33. The number of anilines is 1. The molecule has 0 N–H and O–H groups in total. The zero-order valence-electron chi connectivity index (χ0n) is 10.4. The first kappa shape index (κ1) is 11.3. The molecule has 1 unspecified atom stereocenters. The zero-order valence-corrected chi connectivity index (χ0v) is 10.4. The Bertz CT molecular complexity index is 512. The average molecular weight is 244 g/mol. The highest BCUT2D eigenvalue weighted by atomic mass is 16.2. The summed E-state index contributed by atoms with van der Waals surface area (Å²) >= 11 is 0. The van der Waals surface area contributed by atoms with Crippen LogP contribution in [0.3, 0.4) is 0 Å². The summed E-state index contributed by atoms with van der Waals surface area (Å²) in [4.78, 5) is 28.3. The normalized spacial score (nSPS) is 23.5. The van der Waals surface area contributed by atoms with E-state index in [1.807, 2.05) is 18.2 Å². The lowest BCUT2D eigenvalue weighted by molar-refractivity contribution is -0.123. The molecule has 2 heterocycles. The maximum absolute atomic E-state index is 12.5. The van der Waals surface area contributed by atoms with Gasteiger partial charge in [-0.15, -0.1) is 0 Å². The molecule has 94 valence electrons. The first-order valence-corrected chi connectivity index (χ1v) is 6.37. The van der Waals surface area contributed by atoms with E-state index in [0.29, 0.717) is 12.1 Å². The van der Waals surface area contributed by atoms with Gasteiger partial charge in [0.1, 0.15) is 6.04 Å². The summed E-state index contributed by atoms with van der Waals surface area (Å²) in [6, 6.07) is 7.07. The molecule has 0 radical (unpaired) electrons. The van der Waals surface area contributed by atoms with Crippen molar-refractivity contribution in [1.82, 2.24) is 4.90 Å². The van der Waals surface area contributed by atoms with E-state index in [4.69, 9.17) is 0 Å². The third-order valence-corrected chi connectivity index (χ3v) is 3.88. The minimum atomic E-state index is -0.274. The SMILES string of the molecule is CN1C(=O)C2CCCCN2C(=O)c2ccccc21. The van der Waals surface area contributed by atoms with Gasteiger partial charge in [-0.1, -0.05) is 12.1 Å². The molecule has 3 rings (SSSR count). The number of rotatable bonds is 0. The smallest absolute Gasteiger partial charge is 0.256 e. The number of piperidine rings is 1. The van der Waals surface area contributed by atoms with Crippen molar-refractivity contribution in [2.45, 2.75) is 25.3 Å². The van der Waals surface area contributed by atoms with Crippen LogP contribution in [0.15, 0.2) is 24.3 Å². The van der Waals surface area contributed by atoms with Crippen LogP contribution in [0, 0.1) is 0 Å². The Balaban J connectivity index is 2.13. The first-order chi connectivity index (χ1) is 8.70. The Hall–Kier alpha value is -1.84. The minimum Gasteiger partial charge on any atom is -0.327 e. The maximum Gasteiger partial charge on any atom is 0.256 e. The quantitative estimate of drug-likeness (QED) is 0.696. The summed E-state index contributed by atoms with van der Waals surface area (Å²) in [5, 5.41) is 0. The summed E-state index contributed by atoms with van der Waals surface area (Å²) in [6.07, 6.45) is 2.79. The number of fused-ring (bicyclic) bond motifs is 2. The lowest BCUT2D eigenvalue weighted by Crippen LogP contribution is -2.49. The monoisotopic (exact) mass is 244 g/mol. The predicted octanol–water partition coefficient (Wildman–Crippen LogP) is 1.66. The fourth-order valence-electron chi connectivity index (χ4n) is 2.88. The van der Waals surface area contributed by atoms with Crippen LogP contribution in [0.5, 0.6) is 0 Å². The first-order valence-electron chi connectivity index (χ1n) is 6.37. The van der Waals surface area contributed by atoms with E-state index in [1.165, 1.54) is 0 Å². The van der Waals surface area contributed by atoms with Crippen LogP contribution in [0.25, 0.3) is 0 Å². The van der Waals surface area contributed by atoms with Crippen LogP contribution in [0.1, 0.15) is 29.6 Å². The topological polar surface area (TPSA) is 40.6 Å². The van der Waals surface area contributed by atoms with Gasteiger partial charge in [0.15, 0.2) is 0 Å². The van der Waals surface area contributed by atoms with E-state index in [-0.39, 0.29) is 17.9 Å². The van der Waals surface area contributed by atoms with Crippen LogP contribution in [-0.4, -0.2) is 36.3 Å². The van der Waals surface area contributed by atoms with Crippen LogP contribution >= 0.6 is 0 Å². The fourth-order valence-corrected chi connectivity index (χ4v) is 2.88. The van der Waals surface area contributed by atoms with E-state index in [2.05, 4.69) is 0 Å². The lowest BCUT2D eigenvalue weighted by atomic mass is 10.0. The van der Waals surface area contributed by atoms with E-state index in [9.17, 15) is 9.59 Å². The van der Waals surface area contributed by atoms with E-state index >= 15 is 0 Å². The van der Waals surface area contributed by atoms with Crippen molar-refractivity contribution in [2.24, 2.45) is 0 Å². The molecule has 0 aliphatic carbocycles. The van der Waals surface area contributed by atoms with Crippen molar-refractivity contribution >= 4 is 17.5 Å². The zero-order chi connectivity index (χ0) is 12.7. The summed E-state index contributed by atoms with van der Waals surface area (Å²) < 4.78 is 0. The second-order valence-electron chi connectivity index (χ2n) is 4.92. The summed E-state index contributed by atoms with van der Waals surface area (Å²) in [5.41, 5.74) is 1.36. The van der Waals surface area contributed by atoms with Gasteiger partial charge in [0, 0.05) is 13.6 Å². The van der Waals surface area contributed by atoms with Gasteiger partial charge in [0.05, 0.1) is 11.3 Å². The number of para-hydroxylation sites is 1. The molecule has 1 fully saturated rings. The minimum absolute atomic E-state index is 0.00648. The van der Waals surface area contributed by atoms with Gasteiger partial charge in [0.2, 0.25) is 5.91 Å². The molecule has 2 amide bonds. The van der Waals surface area contributed by atoms with Crippen molar-refractivity contribution in [3.05, 3.63) is 29.8 Å². The Kier molecular flexibility index (Phi) is 2.58. The molecule has 4 nitrogen and oxygen atoms in total. The van der Waals surface area contributed by atoms with Gasteiger partial charge in [-0.3, -0.25) is 9.59 Å². The van der Waals surface area contributed by atoms with Gasteiger partial charge in [0.25, 0.3) is 5.91 Å². The van der Waals surface area contributed by atoms with E-state index in [0.717, 1.165) is 24.9 Å². The standard InChI is InChI=1S/C14H16N2O2/c1-15-11-7-3-2-6-10(11)13(17)16-9-5-4-8-12(16)14(15)18/h2-3,6-7,12H,4-5,8-9H2,1H3. The average Bonchev–Trinajstić information content (AvgIpc) is 2.51. The highest BCUT2D eigenvalue weighted by Crippen LogP contribution is 2.30. The third kappa shape index (κ3) is 1.52. The van der Waals surface area contributed by atoms with Gasteiger partial charge >= 0.3 is 0 Å². The molecule has 0 bridgehead atoms. The molecule has 1 saturated heterocycles. The van der Waals surface area contributed by atoms with Crippen molar-refractivity contribution < 1.29 is 9.59 Å². The highest BCUT2D eigenvalue weighted by Gasteiger charge is 2.38. The number of hydrogen-bond donors (Lipinski definition) is 0. The number of nitrogens with zero attached hydrogens (tertiary/aromatic N) is 2. The predicted molar refractivity (Wildman–Crippen MR) is 68.5 cm³/mol. The molecular formula is C14H16N2O2. The van der Waals surface area contributed by atoms with Crippen molar-refractivity contribution in [1.29, 1.82) is 0 Å². The van der Waals surface area contributed by atoms with Crippen molar-refractivity contribution in [3.8, 4) is 0 Å². The molecule has 2 aliphatic rings. The van der Waals surface area contributed by atoms with E-state index < -0.39 is 0 Å². The Morgan fingerprint density at radius 2 is 1.94 bits per heavy atom. The Morgan fingerprint density at radius 1 is 1.17 bits per heavy atom. The van der Waals surface area contributed by atoms with Crippen LogP contribution < -0.4 is 4.90 Å². The molecule has 4 heteroatoms. The number of hydrogen-bond acceptors (Lipinski definition) is 2. The second kappa shape index (κ2) is 4.12. The molecule has 1 atom stereocenters. The number of amides is 2. The number of benzene rings is 1. The summed E-state index contributed by atoms with van der Waals surface area (Å²) in [5.74, 6) is 0.0287. The number of carbonyl (C=O) groups excluding carboxylic acids is 2. The largest absolute Gasteiger partial charge is 0.327 e. The van der Waals surface area contributed by atoms with Gasteiger partial charge in [-0.2, -0.15) is 0 Å².